The molecule has 1 aliphatic carbocycles. The average Bonchev–Trinajstić information content (AvgIpc) is 3.47. The van der Waals surface area contributed by atoms with Crippen molar-refractivity contribution in [2.75, 3.05) is 19.1 Å². The average molecular weight is 507 g/mol. The molecule has 2 heterocycles. The fourth-order valence-electron chi connectivity index (χ4n) is 3.42. The zero-order chi connectivity index (χ0) is 22.9. The summed E-state index contributed by atoms with van der Waals surface area (Å²) >= 11 is 0. The second-order valence-electron chi connectivity index (χ2n) is 7.27. The molecule has 1 aliphatic rings. The minimum Gasteiger partial charge on any atom is -0.494 e. The summed E-state index contributed by atoms with van der Waals surface area (Å²) in [5.74, 6) is -1.17. The van der Waals surface area contributed by atoms with E-state index in [0.717, 1.165) is 0 Å². The summed E-state index contributed by atoms with van der Waals surface area (Å²) < 4.78 is 19.5. The predicted molar refractivity (Wildman–Crippen MR) is 110 cm³/mol. The number of hydrogen-bond acceptors (Lipinski definition) is 8. The maximum Gasteiger partial charge on any atom is 0.358 e. The van der Waals surface area contributed by atoms with Crippen molar-refractivity contribution in [1.82, 2.24) is 25.0 Å². The minimum atomic E-state index is -1.29. The molecule has 1 amide bonds. The number of primary amides is 1. The van der Waals surface area contributed by atoms with Crippen LogP contribution in [0.2, 0.25) is 0 Å². The van der Waals surface area contributed by atoms with Crippen LogP contribution in [0.15, 0.2) is 30.6 Å². The van der Waals surface area contributed by atoms with Gasteiger partial charge < -0.3 is 20.9 Å². The molecule has 0 saturated heterocycles. The van der Waals surface area contributed by atoms with Crippen LogP contribution in [-0.4, -0.2) is 55.7 Å². The van der Waals surface area contributed by atoms with E-state index in [2.05, 4.69) is 25.6 Å². The van der Waals surface area contributed by atoms with E-state index in [9.17, 15) is 19.1 Å². The topological polar surface area (TPSA) is 158 Å². The molecule has 13 heteroatoms. The summed E-state index contributed by atoms with van der Waals surface area (Å²) in [6, 6.07) is 6.57. The molecule has 0 unspecified atom stereocenters. The molecule has 33 heavy (non-hydrogen) atoms. The van der Waals surface area contributed by atoms with E-state index < -0.39 is 24.0 Å². The number of aromatic nitrogens is 5. The van der Waals surface area contributed by atoms with Crippen LogP contribution in [0, 0.1) is 0 Å². The van der Waals surface area contributed by atoms with Gasteiger partial charge >= 0.3 is 5.97 Å². The van der Waals surface area contributed by atoms with Crippen LogP contribution in [-0.2, 0) is 36.2 Å². The van der Waals surface area contributed by atoms with Gasteiger partial charge in [0.2, 0.25) is 5.91 Å². The summed E-state index contributed by atoms with van der Waals surface area (Å²) in [5, 5.41) is 24.5. The number of carboxylic acids is 1. The van der Waals surface area contributed by atoms with E-state index in [1.54, 1.807) is 18.2 Å². The van der Waals surface area contributed by atoms with Crippen molar-refractivity contribution in [1.29, 1.82) is 0 Å². The third kappa shape index (κ3) is 4.54. The number of amides is 1. The summed E-state index contributed by atoms with van der Waals surface area (Å²) in [6.45, 7) is -0.508. The molecule has 1 fully saturated rings. The van der Waals surface area contributed by atoms with E-state index in [-0.39, 0.29) is 37.4 Å². The first kappa shape index (κ1) is 24.2. The number of nitrogens with one attached hydrogen (secondary N) is 1. The Balaban J connectivity index is 0.00000306. The van der Waals surface area contributed by atoms with E-state index in [0.29, 0.717) is 41.4 Å². The number of anilines is 2. The Hall–Kier alpha value is -3.47. The summed E-state index contributed by atoms with van der Waals surface area (Å²) in [4.78, 5) is 27.8. The maximum atomic E-state index is 12.6. The van der Waals surface area contributed by atoms with Gasteiger partial charge in [0.05, 0.1) is 41.7 Å². The van der Waals surface area contributed by atoms with Gasteiger partial charge in [0.15, 0.2) is 17.3 Å². The van der Waals surface area contributed by atoms with Crippen LogP contribution in [0.3, 0.4) is 0 Å². The molecule has 3 aromatic rings. The predicted octanol–water partition coefficient (Wildman–Crippen LogP) is 1.67. The number of aromatic carboxylic acids is 1. The van der Waals surface area contributed by atoms with Gasteiger partial charge in [-0.15, -0.1) is 5.10 Å². The van der Waals surface area contributed by atoms with E-state index in [1.165, 1.54) is 24.2 Å². The Morgan fingerprint density at radius 3 is 2.67 bits per heavy atom. The van der Waals surface area contributed by atoms with Crippen molar-refractivity contribution in [2.45, 2.75) is 24.8 Å². The van der Waals surface area contributed by atoms with Crippen molar-refractivity contribution >= 4 is 23.3 Å². The molecule has 4 N–H and O–H groups in total. The molecule has 11 nitrogen and oxygen atoms in total. The van der Waals surface area contributed by atoms with Gasteiger partial charge in [-0.25, -0.2) is 18.9 Å². The second-order valence-corrected chi connectivity index (χ2v) is 7.27. The molecule has 0 atom stereocenters. The van der Waals surface area contributed by atoms with Gasteiger partial charge in [-0.1, -0.05) is 6.07 Å². The number of nitrogens with two attached hydrogens (primary N) is 1. The Morgan fingerprint density at radius 2 is 2.06 bits per heavy atom. The number of benzene rings is 1. The van der Waals surface area contributed by atoms with Crippen molar-refractivity contribution in [2.24, 2.45) is 5.73 Å². The number of carbonyl (C=O) groups excluding carboxylic acids is 1. The van der Waals surface area contributed by atoms with Crippen LogP contribution < -0.4 is 15.8 Å². The molecule has 4 rings (SSSR count). The van der Waals surface area contributed by atoms with E-state index >= 15 is 0 Å². The fourth-order valence-corrected chi connectivity index (χ4v) is 3.42. The first-order valence-corrected chi connectivity index (χ1v) is 9.71. The summed E-state index contributed by atoms with van der Waals surface area (Å²) in [7, 11) is 1.45. The zero-order valence-corrected chi connectivity index (χ0v) is 20.8. The Labute approximate surface area is 200 Å². The van der Waals surface area contributed by atoms with Crippen LogP contribution in [0.4, 0.5) is 15.8 Å². The van der Waals surface area contributed by atoms with Gasteiger partial charge in [-0.2, -0.15) is 10.2 Å². The van der Waals surface area contributed by atoms with E-state index in [1.807, 2.05) is 0 Å². The largest absolute Gasteiger partial charge is 0.494 e. The van der Waals surface area contributed by atoms with Crippen molar-refractivity contribution in [3.05, 3.63) is 42.0 Å². The van der Waals surface area contributed by atoms with Crippen LogP contribution in [0.5, 0.6) is 5.75 Å². The maximum absolute atomic E-state index is 12.6. The molecule has 0 aliphatic heterocycles. The standard InChI is InChI=1S/C20H20FN7O4.Zn/c1-32-16-11(17-23-10-28(27-17)8-7-21)3-2-4-12(16)24-13-9-14(20(5-6-20)19(22)31)25-26-15(13)18(29)30;/h2-4,9-10H,5-8H2,1H3,(H2,22,31)(H,24,25)(H,29,30);. The third-order valence-electron chi connectivity index (χ3n) is 5.29. The Kier molecular flexibility index (Phi) is 7.02. The third-order valence-corrected chi connectivity index (χ3v) is 5.29. The number of hydrogen-bond donors (Lipinski definition) is 3. The smallest absolute Gasteiger partial charge is 0.358 e. The summed E-state index contributed by atoms with van der Waals surface area (Å²) in [5.41, 5.74) is 5.62. The Morgan fingerprint density at radius 1 is 1.30 bits per heavy atom. The first-order chi connectivity index (χ1) is 15.4. The SMILES string of the molecule is COc1c(Nc2cc(C3(C(N)=O)CC3)nnc2C(=O)O)cccc1-c1ncn(CCF)n1.[Zn]. The van der Waals surface area contributed by atoms with Gasteiger partial charge in [0.1, 0.15) is 13.0 Å². The molecule has 1 aromatic carbocycles. The summed E-state index contributed by atoms with van der Waals surface area (Å²) in [6.07, 6.45) is 2.46. The van der Waals surface area contributed by atoms with Gasteiger partial charge in [0, 0.05) is 19.5 Å². The van der Waals surface area contributed by atoms with Crippen LogP contribution in [0.1, 0.15) is 29.0 Å². The van der Waals surface area contributed by atoms with Crippen molar-refractivity contribution in [3.63, 3.8) is 0 Å². The van der Waals surface area contributed by atoms with Crippen LogP contribution >= 0.6 is 0 Å². The molecular formula is C20H20FN7O4Zn. The van der Waals surface area contributed by atoms with Crippen LogP contribution in [0.25, 0.3) is 11.4 Å². The van der Waals surface area contributed by atoms with Gasteiger partial charge in [-0.05, 0) is 31.0 Å². The number of alkyl halides is 1. The number of carboxylic acid groups (broad SMARTS) is 1. The van der Waals surface area contributed by atoms with Crippen molar-refractivity contribution < 1.29 is 43.3 Å². The Bertz CT molecular complexity index is 1200. The van der Waals surface area contributed by atoms with Crippen molar-refractivity contribution in [3.8, 4) is 17.1 Å². The number of aryl methyl sites for hydroxylation is 1. The monoisotopic (exact) mass is 505 g/mol. The quantitative estimate of drug-likeness (QED) is 0.367. The van der Waals surface area contributed by atoms with Gasteiger partial charge in [-0.3, -0.25) is 4.79 Å². The number of carbonyl (C=O) groups is 2. The molecule has 2 aromatic heterocycles. The number of ether oxygens (including phenoxy) is 1. The minimum absolute atomic E-state index is 0. The number of methoxy groups -OCH3 is 1. The fraction of sp³-hybridized carbons (Fsp3) is 0.300. The zero-order valence-electron chi connectivity index (χ0n) is 17.8. The van der Waals surface area contributed by atoms with E-state index in [4.69, 9.17) is 10.5 Å². The molecule has 0 radical (unpaired) electrons. The normalized spacial score (nSPS) is 13.6. The number of nitrogens with zero attached hydrogens (tertiary/aromatic N) is 5. The molecule has 0 bridgehead atoms. The molecule has 0 spiro atoms. The first-order valence-electron chi connectivity index (χ1n) is 9.71. The number of halogens is 1. The molecule has 1 saturated carbocycles. The molecular weight excluding hydrogens is 487 g/mol. The second kappa shape index (κ2) is 9.57. The number of rotatable bonds is 9. The molecule has 168 valence electrons. The van der Waals surface area contributed by atoms with Gasteiger partial charge in [0.25, 0.3) is 0 Å². The number of para-hydroxylation sites is 1.